The van der Waals surface area contributed by atoms with Crippen molar-refractivity contribution in [2.24, 2.45) is 0 Å². The lowest BCUT2D eigenvalue weighted by atomic mass is 9.78. The van der Waals surface area contributed by atoms with Gasteiger partial charge in [-0.2, -0.15) is 0 Å². The lowest BCUT2D eigenvalue weighted by molar-refractivity contribution is -0.138. The molecule has 0 unspecified atom stereocenters. The summed E-state index contributed by atoms with van der Waals surface area (Å²) in [5.41, 5.74) is 4.29. The molecule has 4 rings (SSSR count). The van der Waals surface area contributed by atoms with E-state index in [9.17, 15) is 14.4 Å². The molecule has 0 aromatic heterocycles. The van der Waals surface area contributed by atoms with E-state index >= 15 is 0 Å². The molecule has 0 aliphatic heterocycles. The molecule has 186 valence electrons. The van der Waals surface area contributed by atoms with Crippen LogP contribution in [0.25, 0.3) is 11.1 Å². The van der Waals surface area contributed by atoms with Gasteiger partial charge in [0.05, 0.1) is 0 Å². The van der Waals surface area contributed by atoms with E-state index in [4.69, 9.17) is 9.84 Å². The molecule has 2 aromatic carbocycles. The maximum Gasteiger partial charge on any atom is 0.407 e. The number of hydrogen-bond donors (Lipinski definition) is 3. The van der Waals surface area contributed by atoms with Gasteiger partial charge < -0.3 is 20.5 Å². The quantitative estimate of drug-likeness (QED) is 0.417. The van der Waals surface area contributed by atoms with E-state index in [0.717, 1.165) is 43.2 Å². The predicted molar refractivity (Wildman–Crippen MR) is 133 cm³/mol. The van der Waals surface area contributed by atoms with Crippen LogP contribution in [0.2, 0.25) is 0 Å². The van der Waals surface area contributed by atoms with Gasteiger partial charge in [0, 0.05) is 30.8 Å². The Morgan fingerprint density at radius 2 is 1.54 bits per heavy atom. The number of ether oxygens (including phenoxy) is 1. The highest BCUT2D eigenvalue weighted by molar-refractivity contribution is 5.79. The summed E-state index contributed by atoms with van der Waals surface area (Å²) in [5, 5.41) is 14.9. The first-order chi connectivity index (χ1) is 17.0. The molecule has 35 heavy (non-hydrogen) atoms. The molecule has 0 spiro atoms. The molecule has 0 bridgehead atoms. The van der Waals surface area contributed by atoms with E-state index in [1.165, 1.54) is 11.1 Å². The van der Waals surface area contributed by atoms with Gasteiger partial charge in [0.15, 0.2) is 0 Å². The van der Waals surface area contributed by atoms with Crippen molar-refractivity contribution < 1.29 is 24.2 Å². The van der Waals surface area contributed by atoms with Gasteiger partial charge in [-0.15, -0.1) is 0 Å². The Morgan fingerprint density at radius 3 is 2.17 bits per heavy atom. The van der Waals surface area contributed by atoms with Crippen molar-refractivity contribution in [3.05, 3.63) is 59.7 Å². The summed E-state index contributed by atoms with van der Waals surface area (Å²) in [6.07, 6.45) is 5.58. The van der Waals surface area contributed by atoms with Gasteiger partial charge in [-0.1, -0.05) is 67.8 Å². The second-order valence-corrected chi connectivity index (χ2v) is 9.64. The fraction of sp³-hybridized carbons (Fsp3) is 0.464. The summed E-state index contributed by atoms with van der Waals surface area (Å²) in [6.45, 7) is 0.596. The third-order valence-electron chi connectivity index (χ3n) is 7.23. The average Bonchev–Trinajstić information content (AvgIpc) is 3.18. The molecule has 3 N–H and O–H groups in total. The van der Waals surface area contributed by atoms with Crippen molar-refractivity contribution >= 4 is 18.0 Å². The third-order valence-corrected chi connectivity index (χ3v) is 7.23. The number of carbonyl (C=O) groups is 3. The maximum absolute atomic E-state index is 12.5. The molecule has 7 heteroatoms. The minimum Gasteiger partial charge on any atom is -0.481 e. The summed E-state index contributed by atoms with van der Waals surface area (Å²) in [4.78, 5) is 35.9. The Labute approximate surface area is 206 Å². The van der Waals surface area contributed by atoms with Crippen LogP contribution >= 0.6 is 0 Å². The summed E-state index contributed by atoms with van der Waals surface area (Å²) in [6, 6.07) is 16.4. The molecule has 2 amide bonds. The van der Waals surface area contributed by atoms with Crippen LogP contribution in [0.15, 0.2) is 48.5 Å². The molecule has 7 nitrogen and oxygen atoms in total. The number of alkyl carbamates (subject to hydrolysis) is 1. The van der Waals surface area contributed by atoms with Crippen LogP contribution < -0.4 is 10.6 Å². The highest BCUT2D eigenvalue weighted by Gasteiger charge is 2.33. The van der Waals surface area contributed by atoms with Crippen LogP contribution in [0.4, 0.5) is 4.79 Å². The lowest BCUT2D eigenvalue weighted by Crippen LogP contribution is -2.50. The number of aliphatic carboxylic acids is 1. The fourth-order valence-electron chi connectivity index (χ4n) is 5.46. The van der Waals surface area contributed by atoms with Crippen molar-refractivity contribution in [2.75, 3.05) is 13.2 Å². The van der Waals surface area contributed by atoms with Gasteiger partial charge in [-0.3, -0.25) is 9.59 Å². The molecule has 2 aliphatic rings. The highest BCUT2D eigenvalue weighted by atomic mass is 16.5. The Bertz CT molecular complexity index is 1020. The zero-order valence-corrected chi connectivity index (χ0v) is 20.1. The van der Waals surface area contributed by atoms with Crippen molar-refractivity contribution in [3.63, 3.8) is 0 Å². The SMILES string of the molecule is O=C(O)CCC1(NC(=O)CCCNC(=O)OCC2c3ccccc3-c3ccccc32)CCCCC1. The minimum atomic E-state index is -0.837. The number of fused-ring (bicyclic) bond motifs is 3. The lowest BCUT2D eigenvalue weighted by Gasteiger charge is -2.38. The first kappa shape index (κ1) is 24.8. The molecule has 2 aliphatic carbocycles. The van der Waals surface area contributed by atoms with Crippen LogP contribution in [0.5, 0.6) is 0 Å². The van der Waals surface area contributed by atoms with E-state index in [0.29, 0.717) is 19.4 Å². The number of carboxylic acids is 1. The third kappa shape index (κ3) is 6.21. The highest BCUT2D eigenvalue weighted by Crippen LogP contribution is 2.44. The predicted octanol–water partition coefficient (Wildman–Crippen LogP) is 4.99. The summed E-state index contributed by atoms with van der Waals surface area (Å²) in [5.74, 6) is -0.917. The number of carbonyl (C=O) groups excluding carboxylic acids is 2. The van der Waals surface area contributed by atoms with Crippen LogP contribution in [-0.4, -0.2) is 41.8 Å². The number of rotatable bonds is 10. The van der Waals surface area contributed by atoms with Crippen molar-refractivity contribution in [1.82, 2.24) is 10.6 Å². The number of amides is 2. The van der Waals surface area contributed by atoms with E-state index < -0.39 is 17.6 Å². The van der Waals surface area contributed by atoms with Gasteiger partial charge in [-0.25, -0.2) is 4.79 Å². The monoisotopic (exact) mass is 478 g/mol. The summed E-state index contributed by atoms with van der Waals surface area (Å²) < 4.78 is 5.53. The maximum atomic E-state index is 12.5. The van der Waals surface area contributed by atoms with Crippen LogP contribution in [0, 0.1) is 0 Å². The van der Waals surface area contributed by atoms with Gasteiger partial charge in [0.2, 0.25) is 5.91 Å². The zero-order chi connectivity index (χ0) is 24.7. The fourth-order valence-corrected chi connectivity index (χ4v) is 5.46. The molecular formula is C28H34N2O5. The molecule has 0 heterocycles. The summed E-state index contributed by atoms with van der Waals surface area (Å²) >= 11 is 0. The van der Waals surface area contributed by atoms with Gasteiger partial charge in [0.25, 0.3) is 0 Å². The number of benzene rings is 2. The van der Waals surface area contributed by atoms with Crippen LogP contribution in [0.3, 0.4) is 0 Å². The topological polar surface area (TPSA) is 105 Å². The molecule has 0 radical (unpaired) electrons. The Hall–Kier alpha value is -3.35. The van der Waals surface area contributed by atoms with E-state index in [-0.39, 0.29) is 31.3 Å². The van der Waals surface area contributed by atoms with Gasteiger partial charge >= 0.3 is 12.1 Å². The van der Waals surface area contributed by atoms with Crippen molar-refractivity contribution in [2.45, 2.75) is 69.2 Å². The zero-order valence-electron chi connectivity index (χ0n) is 20.1. The van der Waals surface area contributed by atoms with Crippen LogP contribution in [0.1, 0.15) is 74.8 Å². The average molecular weight is 479 g/mol. The van der Waals surface area contributed by atoms with Gasteiger partial charge in [0.1, 0.15) is 6.61 Å². The van der Waals surface area contributed by atoms with E-state index in [1.54, 1.807) is 0 Å². The van der Waals surface area contributed by atoms with Gasteiger partial charge in [-0.05, 0) is 47.9 Å². The largest absolute Gasteiger partial charge is 0.481 e. The Kier molecular flexibility index (Phi) is 8.06. The van der Waals surface area contributed by atoms with Crippen LogP contribution in [-0.2, 0) is 14.3 Å². The molecule has 0 atom stereocenters. The molecule has 1 saturated carbocycles. The minimum absolute atomic E-state index is 0.0106. The molecule has 1 fully saturated rings. The standard InChI is InChI=1S/C28H34N2O5/c31-25(30-28(17-14-26(32)33)15-6-1-7-16-28)13-8-18-29-27(34)35-19-24-22-11-4-2-9-20(22)21-10-3-5-12-23(21)24/h2-5,9-12,24H,1,6-8,13-19H2,(H,29,34)(H,30,31)(H,32,33). The molecule has 0 saturated heterocycles. The second kappa shape index (κ2) is 11.4. The Balaban J connectivity index is 1.20. The van der Waals surface area contributed by atoms with E-state index in [1.807, 2.05) is 24.3 Å². The smallest absolute Gasteiger partial charge is 0.407 e. The number of nitrogens with one attached hydrogen (secondary N) is 2. The van der Waals surface area contributed by atoms with E-state index in [2.05, 4.69) is 34.9 Å². The second-order valence-electron chi connectivity index (χ2n) is 9.64. The molecular weight excluding hydrogens is 444 g/mol. The van der Waals surface area contributed by atoms with Crippen molar-refractivity contribution in [1.29, 1.82) is 0 Å². The summed E-state index contributed by atoms with van der Waals surface area (Å²) in [7, 11) is 0. The van der Waals surface area contributed by atoms with Crippen molar-refractivity contribution in [3.8, 4) is 11.1 Å². The Morgan fingerprint density at radius 1 is 0.914 bits per heavy atom. The number of carboxylic acid groups (broad SMARTS) is 1. The normalized spacial score (nSPS) is 16.1. The number of hydrogen-bond acceptors (Lipinski definition) is 4. The molecule has 2 aromatic rings. The first-order valence-corrected chi connectivity index (χ1v) is 12.6. The first-order valence-electron chi connectivity index (χ1n) is 12.6.